The van der Waals surface area contributed by atoms with Gasteiger partial charge in [-0.25, -0.2) is 17.7 Å². The van der Waals surface area contributed by atoms with E-state index in [-0.39, 0.29) is 16.6 Å². The van der Waals surface area contributed by atoms with Crippen molar-refractivity contribution in [1.82, 2.24) is 9.29 Å². The number of anilines is 1. The third-order valence-electron chi connectivity index (χ3n) is 4.80. The van der Waals surface area contributed by atoms with Crippen LogP contribution in [0, 0.1) is 0 Å². The fourth-order valence-electron chi connectivity index (χ4n) is 3.03. The van der Waals surface area contributed by atoms with Crippen LogP contribution in [-0.2, 0) is 10.0 Å². The van der Waals surface area contributed by atoms with Crippen molar-refractivity contribution in [2.24, 2.45) is 0 Å². The van der Waals surface area contributed by atoms with Gasteiger partial charge in [-0.2, -0.15) is 0 Å². The fraction of sp³-hybridized carbons (Fsp3) is 0.0870. The van der Waals surface area contributed by atoms with Gasteiger partial charge >= 0.3 is 0 Å². The van der Waals surface area contributed by atoms with E-state index in [2.05, 4.69) is 10.3 Å². The summed E-state index contributed by atoms with van der Waals surface area (Å²) >= 11 is 1.19. The molecule has 4 aromatic rings. The number of ketones is 1. The van der Waals surface area contributed by atoms with Crippen molar-refractivity contribution in [3.8, 4) is 0 Å². The molecule has 0 saturated carbocycles. The minimum Gasteiger partial charge on any atom is -0.298 e. The SMILES string of the molecule is CN(C)S(=O)(=O)c1ccc2nc(NC(=O)c3ccc(C(=O)c4ccccc4)cc3)sc2c1. The number of aromatic nitrogens is 1. The summed E-state index contributed by atoms with van der Waals surface area (Å²) in [6.45, 7) is 0. The van der Waals surface area contributed by atoms with Gasteiger partial charge in [-0.1, -0.05) is 53.8 Å². The van der Waals surface area contributed by atoms with Gasteiger partial charge in [-0.05, 0) is 30.3 Å². The Morgan fingerprint density at radius 1 is 0.875 bits per heavy atom. The molecule has 9 heteroatoms. The monoisotopic (exact) mass is 465 g/mol. The predicted molar refractivity (Wildman–Crippen MR) is 125 cm³/mol. The number of hydrogen-bond donors (Lipinski definition) is 1. The molecule has 1 heterocycles. The highest BCUT2D eigenvalue weighted by molar-refractivity contribution is 7.89. The van der Waals surface area contributed by atoms with Crippen LogP contribution in [0.25, 0.3) is 10.2 Å². The number of benzene rings is 3. The summed E-state index contributed by atoms with van der Waals surface area (Å²) < 4.78 is 26.4. The number of sulfonamides is 1. The van der Waals surface area contributed by atoms with Crippen molar-refractivity contribution in [3.63, 3.8) is 0 Å². The van der Waals surface area contributed by atoms with E-state index in [9.17, 15) is 18.0 Å². The zero-order valence-corrected chi connectivity index (χ0v) is 18.9. The number of rotatable bonds is 6. The van der Waals surface area contributed by atoms with Crippen LogP contribution in [0.3, 0.4) is 0 Å². The van der Waals surface area contributed by atoms with Gasteiger partial charge in [0, 0.05) is 30.8 Å². The zero-order valence-electron chi connectivity index (χ0n) is 17.3. The second-order valence-electron chi connectivity index (χ2n) is 7.16. The lowest BCUT2D eigenvalue weighted by molar-refractivity contribution is 0.102. The highest BCUT2D eigenvalue weighted by atomic mass is 32.2. The molecule has 3 aromatic carbocycles. The van der Waals surface area contributed by atoms with Gasteiger partial charge in [-0.15, -0.1) is 0 Å². The second-order valence-corrected chi connectivity index (χ2v) is 10.3. The van der Waals surface area contributed by atoms with Crippen LogP contribution < -0.4 is 5.32 Å². The molecule has 1 N–H and O–H groups in total. The van der Waals surface area contributed by atoms with Crippen LogP contribution in [0.4, 0.5) is 5.13 Å². The lowest BCUT2D eigenvalue weighted by Gasteiger charge is -2.10. The Morgan fingerprint density at radius 3 is 2.16 bits per heavy atom. The maximum atomic E-state index is 12.6. The highest BCUT2D eigenvalue weighted by Crippen LogP contribution is 2.29. The molecule has 0 bridgehead atoms. The molecule has 0 aliphatic carbocycles. The Kier molecular flexibility index (Phi) is 5.88. The van der Waals surface area contributed by atoms with E-state index in [1.807, 2.05) is 6.07 Å². The minimum absolute atomic E-state index is 0.118. The largest absolute Gasteiger partial charge is 0.298 e. The summed E-state index contributed by atoms with van der Waals surface area (Å²) in [5.41, 5.74) is 2.04. The fourth-order valence-corrected chi connectivity index (χ4v) is 4.93. The molecule has 1 amide bonds. The van der Waals surface area contributed by atoms with Crippen molar-refractivity contribution in [1.29, 1.82) is 0 Å². The topological polar surface area (TPSA) is 96.4 Å². The molecule has 162 valence electrons. The Balaban J connectivity index is 1.52. The zero-order chi connectivity index (χ0) is 22.9. The summed E-state index contributed by atoms with van der Waals surface area (Å²) in [5, 5.41) is 3.09. The maximum absolute atomic E-state index is 12.6. The Hall–Kier alpha value is -3.40. The molecule has 4 rings (SSSR count). The first-order valence-electron chi connectivity index (χ1n) is 9.60. The molecule has 0 saturated heterocycles. The van der Waals surface area contributed by atoms with E-state index in [1.165, 1.54) is 31.5 Å². The van der Waals surface area contributed by atoms with Crippen molar-refractivity contribution in [2.45, 2.75) is 4.90 Å². The molecule has 0 unspecified atom stereocenters. The van der Waals surface area contributed by atoms with E-state index in [4.69, 9.17) is 0 Å². The summed E-state index contributed by atoms with van der Waals surface area (Å²) in [7, 11) is -0.621. The van der Waals surface area contributed by atoms with Gasteiger partial charge in [0.25, 0.3) is 5.91 Å². The summed E-state index contributed by atoms with van der Waals surface area (Å²) in [6.07, 6.45) is 0. The number of hydrogen-bond acceptors (Lipinski definition) is 6. The molecule has 32 heavy (non-hydrogen) atoms. The van der Waals surface area contributed by atoms with Gasteiger partial charge in [0.05, 0.1) is 15.1 Å². The normalized spacial score (nSPS) is 11.6. The molecule has 7 nitrogen and oxygen atoms in total. The van der Waals surface area contributed by atoms with Crippen molar-refractivity contribution < 1.29 is 18.0 Å². The Labute approximate surface area is 189 Å². The number of amides is 1. The Bertz CT molecular complexity index is 1410. The van der Waals surface area contributed by atoms with Crippen LogP contribution in [0.2, 0.25) is 0 Å². The first-order chi connectivity index (χ1) is 15.3. The second kappa shape index (κ2) is 8.62. The molecule has 0 aliphatic heterocycles. The maximum Gasteiger partial charge on any atom is 0.257 e. The van der Waals surface area contributed by atoms with E-state index in [1.54, 1.807) is 60.7 Å². The van der Waals surface area contributed by atoms with Gasteiger partial charge in [-0.3, -0.25) is 14.9 Å². The van der Waals surface area contributed by atoms with Crippen molar-refractivity contribution in [3.05, 3.63) is 89.5 Å². The van der Waals surface area contributed by atoms with Gasteiger partial charge in [0.15, 0.2) is 10.9 Å². The van der Waals surface area contributed by atoms with Crippen LogP contribution in [0.15, 0.2) is 77.7 Å². The highest BCUT2D eigenvalue weighted by Gasteiger charge is 2.19. The van der Waals surface area contributed by atoms with E-state index in [0.29, 0.717) is 32.0 Å². The van der Waals surface area contributed by atoms with Gasteiger partial charge in [0.1, 0.15) is 0 Å². The predicted octanol–water partition coefficient (Wildman–Crippen LogP) is 4.03. The van der Waals surface area contributed by atoms with Crippen molar-refractivity contribution >= 4 is 48.4 Å². The summed E-state index contributed by atoms with van der Waals surface area (Å²) in [6, 6.07) is 20.0. The number of thiazole rings is 1. The van der Waals surface area contributed by atoms with E-state index >= 15 is 0 Å². The molecule has 0 aliphatic rings. The molecule has 0 spiro atoms. The van der Waals surface area contributed by atoms with E-state index in [0.717, 1.165) is 4.31 Å². The van der Waals surface area contributed by atoms with Gasteiger partial charge in [0.2, 0.25) is 10.0 Å². The average Bonchev–Trinajstić information content (AvgIpc) is 3.20. The number of nitrogens with zero attached hydrogens (tertiary/aromatic N) is 2. The molecule has 0 radical (unpaired) electrons. The first kappa shape index (κ1) is 21.8. The summed E-state index contributed by atoms with van der Waals surface area (Å²) in [4.78, 5) is 29.6. The quantitative estimate of drug-likeness (QED) is 0.434. The molecule has 0 fully saturated rings. The minimum atomic E-state index is -3.56. The smallest absolute Gasteiger partial charge is 0.257 e. The molecule has 0 atom stereocenters. The number of carbonyl (C=O) groups excluding carboxylic acids is 2. The third kappa shape index (κ3) is 4.31. The van der Waals surface area contributed by atoms with Crippen LogP contribution in [-0.4, -0.2) is 43.5 Å². The van der Waals surface area contributed by atoms with Gasteiger partial charge < -0.3 is 0 Å². The number of nitrogens with one attached hydrogen (secondary N) is 1. The first-order valence-corrected chi connectivity index (χ1v) is 11.9. The molecular formula is C23H19N3O4S2. The van der Waals surface area contributed by atoms with Crippen molar-refractivity contribution in [2.75, 3.05) is 19.4 Å². The lowest BCUT2D eigenvalue weighted by Crippen LogP contribution is -2.22. The Morgan fingerprint density at radius 2 is 1.50 bits per heavy atom. The van der Waals surface area contributed by atoms with Crippen LogP contribution >= 0.6 is 11.3 Å². The van der Waals surface area contributed by atoms with Crippen LogP contribution in [0.1, 0.15) is 26.3 Å². The van der Waals surface area contributed by atoms with Crippen LogP contribution in [0.5, 0.6) is 0 Å². The molecular weight excluding hydrogens is 446 g/mol. The third-order valence-corrected chi connectivity index (χ3v) is 7.55. The lowest BCUT2D eigenvalue weighted by atomic mass is 10.0. The standard InChI is InChI=1S/C23H19N3O4S2/c1-26(2)32(29,30)18-12-13-19-20(14-18)31-23(24-19)25-22(28)17-10-8-16(9-11-17)21(27)15-6-4-3-5-7-15/h3-14H,1-2H3,(H,24,25,28). The average molecular weight is 466 g/mol. The summed E-state index contributed by atoms with van der Waals surface area (Å²) in [5.74, 6) is -0.490. The van der Waals surface area contributed by atoms with E-state index < -0.39 is 10.0 Å². The molecule has 1 aromatic heterocycles. The number of carbonyl (C=O) groups is 2. The number of fused-ring (bicyclic) bond motifs is 1.